The molecule has 0 aliphatic heterocycles. The predicted octanol–water partition coefficient (Wildman–Crippen LogP) is 1.81. The van der Waals surface area contributed by atoms with Crippen LogP contribution in [0.3, 0.4) is 0 Å². The molecule has 0 fully saturated rings. The Morgan fingerprint density at radius 3 is 2.72 bits per heavy atom. The molecular formula is C13H22N4O. The zero-order valence-corrected chi connectivity index (χ0v) is 11.6. The first-order chi connectivity index (χ1) is 8.51. The molecule has 1 aromatic rings. The number of nitrogens with one attached hydrogen (secondary N) is 2. The normalized spacial score (nSPS) is 12.0. The monoisotopic (exact) mass is 250 g/mol. The van der Waals surface area contributed by atoms with Gasteiger partial charge in [-0.1, -0.05) is 6.92 Å². The van der Waals surface area contributed by atoms with Crippen molar-refractivity contribution in [1.29, 1.82) is 0 Å². The average Bonchev–Trinajstić information content (AvgIpc) is 2.27. The van der Waals surface area contributed by atoms with Crippen molar-refractivity contribution < 1.29 is 4.79 Å². The third kappa shape index (κ3) is 5.12. The van der Waals surface area contributed by atoms with E-state index in [1.54, 1.807) is 0 Å². The number of nitrogens with zero attached hydrogens (tertiary/aromatic N) is 2. The number of aryl methyl sites for hydroxylation is 2. The summed E-state index contributed by atoms with van der Waals surface area (Å²) in [7, 11) is 0. The standard InChI is InChI=1S/C13H22N4O/c1-5-9(2)16-13(18)6-7-14-12-8-10(3)15-11(4)17-12/h8-9H,5-7H2,1-4H3,(H,16,18)(H,14,15,17). The Labute approximate surface area is 108 Å². The molecule has 1 aromatic heterocycles. The maximum atomic E-state index is 11.6. The van der Waals surface area contributed by atoms with Gasteiger partial charge in [0.15, 0.2) is 0 Å². The van der Waals surface area contributed by atoms with Gasteiger partial charge in [0.2, 0.25) is 5.91 Å². The fourth-order valence-electron chi connectivity index (χ4n) is 1.56. The van der Waals surface area contributed by atoms with Gasteiger partial charge in [0.05, 0.1) is 0 Å². The molecular weight excluding hydrogens is 228 g/mol. The van der Waals surface area contributed by atoms with Crippen LogP contribution >= 0.6 is 0 Å². The number of carbonyl (C=O) groups is 1. The minimum absolute atomic E-state index is 0.0688. The van der Waals surface area contributed by atoms with E-state index in [-0.39, 0.29) is 11.9 Å². The van der Waals surface area contributed by atoms with Gasteiger partial charge in [0, 0.05) is 30.8 Å². The zero-order chi connectivity index (χ0) is 13.5. The third-order valence-electron chi connectivity index (χ3n) is 2.64. The second kappa shape index (κ2) is 6.93. The van der Waals surface area contributed by atoms with Crippen LogP contribution in [0.2, 0.25) is 0 Å². The van der Waals surface area contributed by atoms with E-state index in [1.807, 2.05) is 26.8 Å². The fourth-order valence-corrected chi connectivity index (χ4v) is 1.56. The Morgan fingerprint density at radius 2 is 2.11 bits per heavy atom. The quantitative estimate of drug-likeness (QED) is 0.808. The first-order valence-corrected chi connectivity index (χ1v) is 6.36. The maximum absolute atomic E-state index is 11.6. The minimum Gasteiger partial charge on any atom is -0.369 e. The van der Waals surface area contributed by atoms with E-state index in [0.717, 1.165) is 23.8 Å². The zero-order valence-electron chi connectivity index (χ0n) is 11.6. The van der Waals surface area contributed by atoms with Gasteiger partial charge < -0.3 is 10.6 Å². The lowest BCUT2D eigenvalue weighted by atomic mass is 10.2. The molecule has 0 aliphatic rings. The van der Waals surface area contributed by atoms with Crippen molar-refractivity contribution in [2.24, 2.45) is 0 Å². The molecule has 1 rings (SSSR count). The number of carbonyl (C=O) groups excluding carboxylic acids is 1. The van der Waals surface area contributed by atoms with Gasteiger partial charge in [-0.2, -0.15) is 0 Å². The molecule has 0 aliphatic carbocycles. The van der Waals surface area contributed by atoms with Gasteiger partial charge in [0.25, 0.3) is 0 Å². The van der Waals surface area contributed by atoms with E-state index in [9.17, 15) is 4.79 Å². The van der Waals surface area contributed by atoms with E-state index in [2.05, 4.69) is 27.5 Å². The highest BCUT2D eigenvalue weighted by molar-refractivity contribution is 5.76. The van der Waals surface area contributed by atoms with Crippen molar-refractivity contribution >= 4 is 11.7 Å². The van der Waals surface area contributed by atoms with Crippen LogP contribution in [-0.4, -0.2) is 28.5 Å². The van der Waals surface area contributed by atoms with Gasteiger partial charge in [-0.25, -0.2) is 9.97 Å². The highest BCUT2D eigenvalue weighted by Gasteiger charge is 2.05. The van der Waals surface area contributed by atoms with Crippen LogP contribution in [0.5, 0.6) is 0 Å². The summed E-state index contributed by atoms with van der Waals surface area (Å²) >= 11 is 0. The minimum atomic E-state index is 0.0688. The SMILES string of the molecule is CCC(C)NC(=O)CCNc1cc(C)nc(C)n1. The van der Waals surface area contributed by atoms with Crippen LogP contribution in [0.25, 0.3) is 0 Å². The second-order valence-electron chi connectivity index (χ2n) is 4.50. The summed E-state index contributed by atoms with van der Waals surface area (Å²) in [6, 6.07) is 2.11. The Balaban J connectivity index is 2.35. The first-order valence-electron chi connectivity index (χ1n) is 6.36. The Morgan fingerprint density at radius 1 is 1.39 bits per heavy atom. The highest BCUT2D eigenvalue weighted by atomic mass is 16.1. The number of hydrogen-bond acceptors (Lipinski definition) is 4. The summed E-state index contributed by atoms with van der Waals surface area (Å²) in [5, 5.41) is 6.06. The average molecular weight is 250 g/mol. The number of anilines is 1. The van der Waals surface area contributed by atoms with Gasteiger partial charge in [-0.3, -0.25) is 4.79 Å². The lowest BCUT2D eigenvalue weighted by Gasteiger charge is -2.11. The molecule has 100 valence electrons. The summed E-state index contributed by atoms with van der Waals surface area (Å²) < 4.78 is 0. The van der Waals surface area contributed by atoms with Crippen LogP contribution in [0, 0.1) is 13.8 Å². The molecule has 0 bridgehead atoms. The summed E-state index contributed by atoms with van der Waals surface area (Å²) in [5.74, 6) is 1.58. The largest absolute Gasteiger partial charge is 0.369 e. The number of aromatic nitrogens is 2. The van der Waals surface area contributed by atoms with Crippen molar-refractivity contribution in [2.75, 3.05) is 11.9 Å². The van der Waals surface area contributed by atoms with Crippen LogP contribution in [0.15, 0.2) is 6.07 Å². The van der Waals surface area contributed by atoms with E-state index in [0.29, 0.717) is 13.0 Å². The molecule has 1 heterocycles. The lowest BCUT2D eigenvalue weighted by molar-refractivity contribution is -0.121. The number of amides is 1. The van der Waals surface area contributed by atoms with Crippen molar-refractivity contribution in [3.05, 3.63) is 17.6 Å². The molecule has 0 aromatic carbocycles. The van der Waals surface area contributed by atoms with Gasteiger partial charge in [0.1, 0.15) is 11.6 Å². The summed E-state index contributed by atoms with van der Waals surface area (Å²) in [5.41, 5.74) is 0.925. The van der Waals surface area contributed by atoms with E-state index < -0.39 is 0 Å². The predicted molar refractivity (Wildman–Crippen MR) is 72.5 cm³/mol. The molecule has 0 spiro atoms. The first kappa shape index (κ1) is 14.4. The van der Waals surface area contributed by atoms with Crippen LogP contribution in [0.4, 0.5) is 5.82 Å². The Hall–Kier alpha value is -1.65. The van der Waals surface area contributed by atoms with E-state index >= 15 is 0 Å². The molecule has 0 saturated carbocycles. The highest BCUT2D eigenvalue weighted by Crippen LogP contribution is 2.05. The van der Waals surface area contributed by atoms with E-state index in [4.69, 9.17) is 0 Å². The fraction of sp³-hybridized carbons (Fsp3) is 0.615. The molecule has 1 atom stereocenters. The van der Waals surface area contributed by atoms with Gasteiger partial charge in [-0.15, -0.1) is 0 Å². The van der Waals surface area contributed by atoms with Gasteiger partial charge >= 0.3 is 0 Å². The molecule has 2 N–H and O–H groups in total. The van der Waals surface area contributed by atoms with Crippen molar-refractivity contribution in [2.45, 2.75) is 46.6 Å². The molecule has 0 radical (unpaired) electrons. The Kier molecular flexibility index (Phi) is 5.55. The Bertz CT molecular complexity index is 386. The summed E-state index contributed by atoms with van der Waals surface area (Å²) in [6.45, 7) is 8.42. The summed E-state index contributed by atoms with van der Waals surface area (Å²) in [6.07, 6.45) is 1.40. The van der Waals surface area contributed by atoms with Crippen LogP contribution in [-0.2, 0) is 4.79 Å². The summed E-state index contributed by atoms with van der Waals surface area (Å²) in [4.78, 5) is 20.0. The second-order valence-corrected chi connectivity index (χ2v) is 4.50. The molecule has 18 heavy (non-hydrogen) atoms. The molecule has 1 amide bonds. The molecule has 1 unspecified atom stereocenters. The number of hydrogen-bond donors (Lipinski definition) is 2. The maximum Gasteiger partial charge on any atom is 0.221 e. The topological polar surface area (TPSA) is 66.9 Å². The molecule has 5 heteroatoms. The number of rotatable bonds is 6. The van der Waals surface area contributed by atoms with Crippen LogP contribution < -0.4 is 10.6 Å². The molecule has 0 saturated heterocycles. The van der Waals surface area contributed by atoms with Crippen molar-refractivity contribution in [3.8, 4) is 0 Å². The van der Waals surface area contributed by atoms with Crippen molar-refractivity contribution in [3.63, 3.8) is 0 Å². The lowest BCUT2D eigenvalue weighted by Crippen LogP contribution is -2.33. The van der Waals surface area contributed by atoms with Crippen LogP contribution in [0.1, 0.15) is 38.2 Å². The van der Waals surface area contributed by atoms with Crippen molar-refractivity contribution in [1.82, 2.24) is 15.3 Å². The van der Waals surface area contributed by atoms with Gasteiger partial charge in [-0.05, 0) is 27.2 Å². The third-order valence-corrected chi connectivity index (χ3v) is 2.64. The molecule has 5 nitrogen and oxygen atoms in total. The van der Waals surface area contributed by atoms with E-state index in [1.165, 1.54) is 0 Å². The smallest absolute Gasteiger partial charge is 0.221 e.